The molecular formula is C13H14N4O3. The van der Waals surface area contributed by atoms with Crippen LogP contribution in [0.5, 0.6) is 0 Å². The minimum Gasteiger partial charge on any atom is -0.360 e. The van der Waals surface area contributed by atoms with Crippen LogP contribution in [0.3, 0.4) is 0 Å². The third-order valence-corrected chi connectivity index (χ3v) is 2.56. The van der Waals surface area contributed by atoms with Gasteiger partial charge in [-0.1, -0.05) is 5.16 Å². The summed E-state index contributed by atoms with van der Waals surface area (Å²) in [6, 6.07) is 4.03. The van der Waals surface area contributed by atoms with Gasteiger partial charge in [-0.15, -0.1) is 0 Å². The minimum atomic E-state index is -0.701. The van der Waals surface area contributed by atoms with E-state index < -0.39 is 6.04 Å². The number of nitrogens with one attached hydrogen (secondary N) is 2. The molecule has 0 radical (unpaired) electrons. The second kappa shape index (κ2) is 5.96. The van der Waals surface area contributed by atoms with Gasteiger partial charge in [0.05, 0.1) is 0 Å². The molecule has 0 bridgehead atoms. The van der Waals surface area contributed by atoms with Crippen molar-refractivity contribution in [1.82, 2.24) is 15.5 Å². The Morgan fingerprint density at radius 3 is 2.60 bits per heavy atom. The van der Waals surface area contributed by atoms with E-state index in [-0.39, 0.29) is 11.8 Å². The van der Waals surface area contributed by atoms with Crippen molar-refractivity contribution in [2.24, 2.45) is 0 Å². The van der Waals surface area contributed by atoms with Crippen LogP contribution >= 0.6 is 0 Å². The van der Waals surface area contributed by atoms with Gasteiger partial charge < -0.3 is 15.2 Å². The number of aromatic nitrogens is 2. The van der Waals surface area contributed by atoms with Gasteiger partial charge in [0.25, 0.3) is 5.91 Å². The van der Waals surface area contributed by atoms with E-state index in [1.165, 1.54) is 12.4 Å². The lowest BCUT2D eigenvalue weighted by molar-refractivity contribution is -0.117. The number of aryl methyl sites for hydroxylation is 1. The van der Waals surface area contributed by atoms with Crippen molar-refractivity contribution in [1.29, 1.82) is 0 Å². The first-order valence-electron chi connectivity index (χ1n) is 6.01. The second-order valence-electron chi connectivity index (χ2n) is 4.24. The maximum atomic E-state index is 11.9. The first-order chi connectivity index (χ1) is 9.56. The van der Waals surface area contributed by atoms with Gasteiger partial charge in [0.1, 0.15) is 11.8 Å². The van der Waals surface area contributed by atoms with Gasteiger partial charge >= 0.3 is 0 Å². The summed E-state index contributed by atoms with van der Waals surface area (Å²) >= 11 is 0. The van der Waals surface area contributed by atoms with Crippen molar-refractivity contribution < 1.29 is 14.1 Å². The molecule has 0 aliphatic carbocycles. The summed E-state index contributed by atoms with van der Waals surface area (Å²) in [5.41, 5.74) is 0.442. The molecule has 2 amide bonds. The minimum absolute atomic E-state index is 0.317. The highest BCUT2D eigenvalue weighted by atomic mass is 16.5. The quantitative estimate of drug-likeness (QED) is 0.871. The van der Waals surface area contributed by atoms with Crippen molar-refractivity contribution in [3.63, 3.8) is 0 Å². The van der Waals surface area contributed by atoms with Crippen molar-refractivity contribution in [2.75, 3.05) is 5.32 Å². The summed E-state index contributed by atoms with van der Waals surface area (Å²) in [4.78, 5) is 27.6. The van der Waals surface area contributed by atoms with Crippen molar-refractivity contribution in [2.45, 2.75) is 19.9 Å². The standard InChI is InChI=1S/C13H14N4O3/c1-8-7-11(17-20-8)16-12(18)9(2)15-13(19)10-3-5-14-6-4-10/h3-7,9H,1-2H3,(H,15,19)(H,16,17,18)/t9-/m1/s1. The first-order valence-corrected chi connectivity index (χ1v) is 6.01. The van der Waals surface area contributed by atoms with Crippen molar-refractivity contribution >= 4 is 17.6 Å². The SMILES string of the molecule is Cc1cc(NC(=O)[C@@H](C)NC(=O)c2ccncc2)no1. The largest absolute Gasteiger partial charge is 0.360 e. The predicted molar refractivity (Wildman–Crippen MR) is 71.0 cm³/mol. The number of amides is 2. The van der Waals surface area contributed by atoms with Crippen LogP contribution in [0.2, 0.25) is 0 Å². The van der Waals surface area contributed by atoms with Crippen LogP contribution in [0.15, 0.2) is 35.1 Å². The lowest BCUT2D eigenvalue weighted by atomic mass is 10.2. The molecular weight excluding hydrogens is 260 g/mol. The fourth-order valence-electron chi connectivity index (χ4n) is 1.51. The molecule has 0 aliphatic rings. The highest BCUT2D eigenvalue weighted by Gasteiger charge is 2.17. The van der Waals surface area contributed by atoms with Crippen LogP contribution in [-0.2, 0) is 4.79 Å². The molecule has 0 fully saturated rings. The van der Waals surface area contributed by atoms with E-state index in [0.29, 0.717) is 17.1 Å². The maximum absolute atomic E-state index is 11.9. The Balaban J connectivity index is 1.92. The van der Waals surface area contributed by atoms with Gasteiger partial charge in [0.15, 0.2) is 5.82 Å². The molecule has 7 nitrogen and oxygen atoms in total. The fraction of sp³-hybridized carbons (Fsp3) is 0.231. The Hall–Kier alpha value is -2.70. The molecule has 2 aromatic rings. The molecule has 0 aromatic carbocycles. The van der Waals surface area contributed by atoms with E-state index in [1.54, 1.807) is 32.0 Å². The van der Waals surface area contributed by atoms with Gasteiger partial charge in [-0.2, -0.15) is 0 Å². The monoisotopic (exact) mass is 274 g/mol. The van der Waals surface area contributed by atoms with Gasteiger partial charge in [0, 0.05) is 24.0 Å². The number of hydrogen-bond acceptors (Lipinski definition) is 5. The molecule has 104 valence electrons. The second-order valence-corrected chi connectivity index (χ2v) is 4.24. The van der Waals surface area contributed by atoms with E-state index in [0.717, 1.165) is 0 Å². The van der Waals surface area contributed by atoms with E-state index in [9.17, 15) is 9.59 Å². The van der Waals surface area contributed by atoms with E-state index >= 15 is 0 Å². The molecule has 0 spiro atoms. The van der Waals surface area contributed by atoms with Crippen LogP contribution in [0.4, 0.5) is 5.82 Å². The Bertz CT molecular complexity index is 609. The smallest absolute Gasteiger partial charge is 0.252 e. The molecule has 0 saturated heterocycles. The molecule has 20 heavy (non-hydrogen) atoms. The highest BCUT2D eigenvalue weighted by molar-refractivity contribution is 6.00. The number of carbonyl (C=O) groups excluding carboxylic acids is 2. The van der Waals surface area contributed by atoms with E-state index in [1.807, 2.05) is 0 Å². The first kappa shape index (κ1) is 13.7. The summed E-state index contributed by atoms with van der Waals surface area (Å²) in [6.07, 6.45) is 3.02. The molecule has 0 saturated carbocycles. The molecule has 0 unspecified atom stereocenters. The number of pyridine rings is 1. The molecule has 1 atom stereocenters. The number of rotatable bonds is 4. The Morgan fingerprint density at radius 2 is 2.00 bits per heavy atom. The predicted octanol–water partition coefficient (Wildman–Crippen LogP) is 1.14. The highest BCUT2D eigenvalue weighted by Crippen LogP contribution is 2.07. The number of anilines is 1. The van der Waals surface area contributed by atoms with Gasteiger partial charge in [-0.3, -0.25) is 14.6 Å². The van der Waals surface area contributed by atoms with Crippen LogP contribution in [0.25, 0.3) is 0 Å². The zero-order chi connectivity index (χ0) is 14.5. The lowest BCUT2D eigenvalue weighted by Crippen LogP contribution is -2.41. The fourth-order valence-corrected chi connectivity index (χ4v) is 1.51. The average molecular weight is 274 g/mol. The summed E-state index contributed by atoms with van der Waals surface area (Å²) < 4.78 is 4.84. The average Bonchev–Trinajstić information content (AvgIpc) is 2.85. The van der Waals surface area contributed by atoms with E-state index in [2.05, 4.69) is 20.8 Å². The Labute approximate surface area is 115 Å². The summed E-state index contributed by atoms with van der Waals surface area (Å²) in [5.74, 6) is 0.193. The van der Waals surface area contributed by atoms with Crippen molar-refractivity contribution in [3.8, 4) is 0 Å². The van der Waals surface area contributed by atoms with Crippen LogP contribution in [-0.4, -0.2) is 28.0 Å². The maximum Gasteiger partial charge on any atom is 0.252 e. The molecule has 0 aliphatic heterocycles. The molecule has 2 aromatic heterocycles. The van der Waals surface area contributed by atoms with Crippen LogP contribution in [0, 0.1) is 6.92 Å². The number of hydrogen-bond donors (Lipinski definition) is 2. The zero-order valence-corrected chi connectivity index (χ0v) is 11.1. The van der Waals surface area contributed by atoms with Gasteiger partial charge in [0.2, 0.25) is 5.91 Å². The Morgan fingerprint density at radius 1 is 1.30 bits per heavy atom. The Kier molecular flexibility index (Phi) is 4.09. The van der Waals surface area contributed by atoms with Gasteiger partial charge in [-0.25, -0.2) is 0 Å². The third kappa shape index (κ3) is 3.41. The van der Waals surface area contributed by atoms with Crippen LogP contribution < -0.4 is 10.6 Å². The third-order valence-electron chi connectivity index (χ3n) is 2.56. The number of carbonyl (C=O) groups is 2. The van der Waals surface area contributed by atoms with Crippen LogP contribution in [0.1, 0.15) is 23.0 Å². The van der Waals surface area contributed by atoms with Crippen molar-refractivity contribution in [3.05, 3.63) is 41.9 Å². The lowest BCUT2D eigenvalue weighted by Gasteiger charge is -2.12. The normalized spacial score (nSPS) is 11.7. The molecule has 2 heterocycles. The molecule has 2 N–H and O–H groups in total. The summed E-state index contributed by atoms with van der Waals surface area (Å²) in [5, 5.41) is 8.78. The van der Waals surface area contributed by atoms with Gasteiger partial charge in [-0.05, 0) is 26.0 Å². The number of nitrogens with zero attached hydrogens (tertiary/aromatic N) is 2. The summed E-state index contributed by atoms with van der Waals surface area (Å²) in [6.45, 7) is 3.30. The zero-order valence-electron chi connectivity index (χ0n) is 11.1. The molecule has 7 heteroatoms. The molecule has 2 rings (SSSR count). The van der Waals surface area contributed by atoms with E-state index in [4.69, 9.17) is 4.52 Å². The topological polar surface area (TPSA) is 97.1 Å². The summed E-state index contributed by atoms with van der Waals surface area (Å²) in [7, 11) is 0.